The van der Waals surface area contributed by atoms with Crippen molar-refractivity contribution in [3.05, 3.63) is 81.4 Å². The van der Waals surface area contributed by atoms with Gasteiger partial charge in [-0.15, -0.1) is 0 Å². The number of carbonyl (C=O) groups is 1. The number of benzene rings is 3. The number of nitrogens with zero attached hydrogens (tertiary/aromatic N) is 1. The number of nitrogens with one attached hydrogen (secondary N) is 2. The van der Waals surface area contributed by atoms with Crippen LogP contribution in [-0.2, 0) is 4.79 Å². The molecule has 3 aromatic carbocycles. The van der Waals surface area contributed by atoms with Crippen LogP contribution in [0.1, 0.15) is 18.5 Å². The van der Waals surface area contributed by atoms with E-state index >= 15 is 0 Å². The standard InChI is InChI=1S/C20H18ClN3O3/c1-13(16-8-4-6-14-5-2-3-7-17(14)16)22-12-20(25)23-19-10-9-15(24(26)27)11-18(19)21/h2-11,13,22H,12H2,1H3,(H,23,25)/t13-/m0/s1. The molecule has 0 unspecified atom stereocenters. The minimum atomic E-state index is -0.537. The van der Waals surface area contributed by atoms with Gasteiger partial charge in [0.2, 0.25) is 5.91 Å². The van der Waals surface area contributed by atoms with Crippen LogP contribution in [-0.4, -0.2) is 17.4 Å². The second kappa shape index (κ2) is 8.16. The summed E-state index contributed by atoms with van der Waals surface area (Å²) in [6.07, 6.45) is 0. The third-order valence-electron chi connectivity index (χ3n) is 4.30. The zero-order valence-electron chi connectivity index (χ0n) is 14.6. The fourth-order valence-electron chi connectivity index (χ4n) is 2.90. The van der Waals surface area contributed by atoms with Gasteiger partial charge in [-0.1, -0.05) is 54.1 Å². The number of halogens is 1. The van der Waals surface area contributed by atoms with Crippen LogP contribution >= 0.6 is 11.6 Å². The van der Waals surface area contributed by atoms with Crippen LogP contribution in [0.5, 0.6) is 0 Å². The average molecular weight is 384 g/mol. The Bertz CT molecular complexity index is 1000. The first-order valence-corrected chi connectivity index (χ1v) is 8.78. The van der Waals surface area contributed by atoms with Crippen molar-refractivity contribution in [3.8, 4) is 0 Å². The molecule has 0 aliphatic carbocycles. The van der Waals surface area contributed by atoms with Gasteiger partial charge in [0.25, 0.3) is 5.69 Å². The molecule has 0 saturated heterocycles. The summed E-state index contributed by atoms with van der Waals surface area (Å²) in [4.78, 5) is 22.4. The summed E-state index contributed by atoms with van der Waals surface area (Å²) in [6.45, 7) is 2.08. The minimum Gasteiger partial charge on any atom is -0.324 e. The maximum absolute atomic E-state index is 12.2. The largest absolute Gasteiger partial charge is 0.324 e. The van der Waals surface area contributed by atoms with E-state index in [4.69, 9.17) is 11.6 Å². The number of nitro groups is 1. The minimum absolute atomic E-state index is 0.0332. The van der Waals surface area contributed by atoms with Gasteiger partial charge in [0.15, 0.2) is 0 Å². The Hall–Kier alpha value is -2.96. The van der Waals surface area contributed by atoms with Crippen molar-refractivity contribution < 1.29 is 9.72 Å². The highest BCUT2D eigenvalue weighted by atomic mass is 35.5. The van der Waals surface area contributed by atoms with Crippen LogP contribution in [0.15, 0.2) is 60.7 Å². The number of fused-ring (bicyclic) bond motifs is 1. The van der Waals surface area contributed by atoms with Crippen molar-refractivity contribution in [1.29, 1.82) is 0 Å². The third-order valence-corrected chi connectivity index (χ3v) is 4.61. The normalized spacial score (nSPS) is 11.9. The van der Waals surface area contributed by atoms with Gasteiger partial charge in [-0.25, -0.2) is 0 Å². The lowest BCUT2D eigenvalue weighted by Gasteiger charge is -2.16. The fraction of sp³-hybridized carbons (Fsp3) is 0.150. The average Bonchev–Trinajstić information content (AvgIpc) is 2.67. The predicted molar refractivity (Wildman–Crippen MR) is 107 cm³/mol. The molecule has 3 rings (SSSR count). The van der Waals surface area contributed by atoms with Crippen LogP contribution in [0.2, 0.25) is 5.02 Å². The summed E-state index contributed by atoms with van der Waals surface area (Å²) in [5.74, 6) is -0.280. The zero-order chi connectivity index (χ0) is 19.4. The molecule has 0 radical (unpaired) electrons. The Balaban J connectivity index is 1.64. The Morgan fingerprint density at radius 3 is 2.63 bits per heavy atom. The summed E-state index contributed by atoms with van der Waals surface area (Å²) >= 11 is 6.00. The topological polar surface area (TPSA) is 84.3 Å². The van der Waals surface area contributed by atoms with E-state index in [9.17, 15) is 14.9 Å². The number of nitro benzene ring substituents is 1. The van der Waals surface area contributed by atoms with Crippen molar-refractivity contribution in [2.45, 2.75) is 13.0 Å². The first-order valence-electron chi connectivity index (χ1n) is 8.40. The molecule has 0 bridgehead atoms. The molecule has 0 spiro atoms. The first kappa shape index (κ1) is 18.8. The van der Waals surface area contributed by atoms with E-state index in [0.29, 0.717) is 5.69 Å². The quantitative estimate of drug-likeness (QED) is 0.477. The molecule has 0 aromatic heterocycles. The van der Waals surface area contributed by atoms with Gasteiger partial charge in [-0.05, 0) is 29.3 Å². The molecule has 0 fully saturated rings. The molecular weight excluding hydrogens is 366 g/mol. The van der Waals surface area contributed by atoms with Gasteiger partial charge >= 0.3 is 0 Å². The van der Waals surface area contributed by atoms with E-state index < -0.39 is 4.92 Å². The number of anilines is 1. The van der Waals surface area contributed by atoms with Gasteiger partial charge in [0, 0.05) is 18.2 Å². The smallest absolute Gasteiger partial charge is 0.271 e. The molecule has 0 aliphatic heterocycles. The van der Waals surface area contributed by atoms with Crippen molar-refractivity contribution in [1.82, 2.24) is 5.32 Å². The van der Waals surface area contributed by atoms with Crippen molar-refractivity contribution in [2.75, 3.05) is 11.9 Å². The molecule has 0 heterocycles. The monoisotopic (exact) mass is 383 g/mol. The van der Waals surface area contributed by atoms with Gasteiger partial charge in [-0.2, -0.15) is 0 Å². The number of hydrogen-bond acceptors (Lipinski definition) is 4. The lowest BCUT2D eigenvalue weighted by molar-refractivity contribution is -0.384. The lowest BCUT2D eigenvalue weighted by Crippen LogP contribution is -2.30. The Labute approximate surface area is 161 Å². The SMILES string of the molecule is C[C@H](NCC(=O)Nc1ccc([N+](=O)[O-])cc1Cl)c1cccc2ccccc12. The fourth-order valence-corrected chi connectivity index (χ4v) is 3.12. The summed E-state index contributed by atoms with van der Waals surface area (Å²) in [5.41, 5.74) is 1.32. The highest BCUT2D eigenvalue weighted by Gasteiger charge is 2.13. The number of hydrogen-bond donors (Lipinski definition) is 2. The summed E-state index contributed by atoms with van der Waals surface area (Å²) in [5, 5.41) is 19.0. The Kier molecular flexibility index (Phi) is 5.69. The number of carbonyl (C=O) groups excluding carboxylic acids is 1. The molecule has 2 N–H and O–H groups in total. The molecule has 7 heteroatoms. The summed E-state index contributed by atoms with van der Waals surface area (Å²) in [6, 6.07) is 18.1. The van der Waals surface area contributed by atoms with Crippen LogP contribution in [0.4, 0.5) is 11.4 Å². The number of non-ortho nitro benzene ring substituents is 1. The van der Waals surface area contributed by atoms with E-state index in [1.807, 2.05) is 31.2 Å². The molecule has 6 nitrogen and oxygen atoms in total. The number of rotatable bonds is 6. The van der Waals surface area contributed by atoms with Gasteiger partial charge in [-0.3, -0.25) is 14.9 Å². The maximum Gasteiger partial charge on any atom is 0.271 e. The third kappa shape index (κ3) is 4.42. The summed E-state index contributed by atoms with van der Waals surface area (Å²) < 4.78 is 0. The molecule has 27 heavy (non-hydrogen) atoms. The van der Waals surface area contributed by atoms with Crippen LogP contribution in [0.25, 0.3) is 10.8 Å². The van der Waals surface area contributed by atoms with E-state index in [1.54, 1.807) is 0 Å². The van der Waals surface area contributed by atoms with E-state index in [2.05, 4.69) is 28.8 Å². The first-order chi connectivity index (χ1) is 13.0. The van der Waals surface area contributed by atoms with Crippen molar-refractivity contribution in [3.63, 3.8) is 0 Å². The second-order valence-corrected chi connectivity index (χ2v) is 6.55. The van der Waals surface area contributed by atoms with Crippen molar-refractivity contribution >= 4 is 39.7 Å². The van der Waals surface area contributed by atoms with Crippen LogP contribution < -0.4 is 10.6 Å². The van der Waals surface area contributed by atoms with Crippen LogP contribution in [0, 0.1) is 10.1 Å². The molecule has 0 saturated carbocycles. The second-order valence-electron chi connectivity index (χ2n) is 6.14. The molecule has 138 valence electrons. The number of amides is 1. The highest BCUT2D eigenvalue weighted by Crippen LogP contribution is 2.27. The Morgan fingerprint density at radius 1 is 1.15 bits per heavy atom. The predicted octanol–water partition coefficient (Wildman–Crippen LogP) is 4.69. The molecular formula is C20H18ClN3O3. The lowest BCUT2D eigenvalue weighted by atomic mass is 10.00. The maximum atomic E-state index is 12.2. The Morgan fingerprint density at radius 2 is 1.89 bits per heavy atom. The van der Waals surface area contributed by atoms with Crippen LogP contribution in [0.3, 0.4) is 0 Å². The zero-order valence-corrected chi connectivity index (χ0v) is 15.4. The summed E-state index contributed by atoms with van der Waals surface area (Å²) in [7, 11) is 0. The van der Waals surface area contributed by atoms with Crippen molar-refractivity contribution in [2.24, 2.45) is 0 Å². The van der Waals surface area contributed by atoms with Gasteiger partial charge < -0.3 is 10.6 Å². The van der Waals surface area contributed by atoms with E-state index in [-0.39, 0.29) is 29.2 Å². The molecule has 1 amide bonds. The van der Waals surface area contributed by atoms with E-state index in [1.165, 1.54) is 18.2 Å². The highest BCUT2D eigenvalue weighted by molar-refractivity contribution is 6.34. The van der Waals surface area contributed by atoms with Gasteiger partial charge in [0.1, 0.15) is 0 Å². The molecule has 1 atom stereocenters. The molecule has 3 aromatic rings. The van der Waals surface area contributed by atoms with Gasteiger partial charge in [0.05, 0.1) is 22.2 Å². The molecule has 0 aliphatic rings. The van der Waals surface area contributed by atoms with E-state index in [0.717, 1.165) is 16.3 Å².